The zero-order valence-electron chi connectivity index (χ0n) is 9.73. The minimum absolute atomic E-state index is 0.185. The molecule has 0 fully saturated rings. The molecule has 84 valence electrons. The van der Waals surface area contributed by atoms with Gasteiger partial charge in [0, 0.05) is 18.9 Å². The first-order valence-corrected chi connectivity index (χ1v) is 5.20. The molecule has 0 amide bonds. The highest BCUT2D eigenvalue weighted by Crippen LogP contribution is 2.24. The summed E-state index contributed by atoms with van der Waals surface area (Å²) < 4.78 is 6.78. The lowest BCUT2D eigenvalue weighted by Crippen LogP contribution is -2.23. The minimum Gasteiger partial charge on any atom is -0.468 e. The van der Waals surface area contributed by atoms with E-state index in [9.17, 15) is 4.79 Å². The Bertz CT molecular complexity index is 331. The van der Waals surface area contributed by atoms with E-state index in [0.717, 1.165) is 12.4 Å². The van der Waals surface area contributed by atoms with Crippen molar-refractivity contribution in [2.24, 2.45) is 5.92 Å². The molecule has 15 heavy (non-hydrogen) atoms. The van der Waals surface area contributed by atoms with Crippen LogP contribution in [-0.2, 0) is 16.1 Å². The first-order valence-electron chi connectivity index (χ1n) is 5.20. The Hall–Kier alpha value is -1.32. The maximum atomic E-state index is 11.6. The second-order valence-corrected chi connectivity index (χ2v) is 3.82. The van der Waals surface area contributed by atoms with Gasteiger partial charge in [0.2, 0.25) is 0 Å². The van der Waals surface area contributed by atoms with E-state index in [1.54, 1.807) is 6.20 Å². The quantitative estimate of drug-likeness (QED) is 0.712. The van der Waals surface area contributed by atoms with E-state index in [-0.39, 0.29) is 17.8 Å². The molecule has 4 nitrogen and oxygen atoms in total. The van der Waals surface area contributed by atoms with Crippen LogP contribution in [0.2, 0.25) is 0 Å². The highest BCUT2D eigenvalue weighted by atomic mass is 16.5. The molecule has 1 aromatic heterocycles. The number of aryl methyl sites for hydroxylation is 1. The summed E-state index contributed by atoms with van der Waals surface area (Å²) in [4.78, 5) is 15.9. The minimum atomic E-state index is -0.273. The highest BCUT2D eigenvalue weighted by Gasteiger charge is 2.28. The number of hydrogen-bond acceptors (Lipinski definition) is 3. The second-order valence-electron chi connectivity index (χ2n) is 3.82. The monoisotopic (exact) mass is 210 g/mol. The summed E-state index contributed by atoms with van der Waals surface area (Å²) in [7, 11) is 1.41. The van der Waals surface area contributed by atoms with E-state index in [1.165, 1.54) is 7.11 Å². The van der Waals surface area contributed by atoms with Gasteiger partial charge in [-0.2, -0.15) is 0 Å². The summed E-state index contributed by atoms with van der Waals surface area (Å²) in [6, 6.07) is 0. The molecule has 1 heterocycles. The molecule has 0 spiro atoms. The predicted octanol–water partition coefficient (Wildman–Crippen LogP) is 1.82. The second kappa shape index (κ2) is 4.96. The van der Waals surface area contributed by atoms with Crippen LogP contribution in [0.1, 0.15) is 32.5 Å². The molecule has 0 aromatic carbocycles. The number of imidazole rings is 1. The number of hydrogen-bond donors (Lipinski definition) is 0. The van der Waals surface area contributed by atoms with Crippen LogP contribution in [0.5, 0.6) is 0 Å². The van der Waals surface area contributed by atoms with Crippen molar-refractivity contribution in [3.63, 3.8) is 0 Å². The average Bonchev–Trinajstić information content (AvgIpc) is 2.65. The number of rotatable bonds is 4. The third kappa shape index (κ3) is 2.37. The van der Waals surface area contributed by atoms with Crippen molar-refractivity contribution >= 4 is 5.97 Å². The van der Waals surface area contributed by atoms with Gasteiger partial charge in [-0.3, -0.25) is 4.79 Å². The molecule has 0 bridgehead atoms. The first-order chi connectivity index (χ1) is 7.11. The molecule has 1 rings (SSSR count). The predicted molar refractivity (Wildman–Crippen MR) is 57.5 cm³/mol. The van der Waals surface area contributed by atoms with Gasteiger partial charge in [-0.1, -0.05) is 13.8 Å². The van der Waals surface area contributed by atoms with Crippen molar-refractivity contribution in [3.05, 3.63) is 18.2 Å². The number of carbonyl (C=O) groups excluding carboxylic acids is 1. The van der Waals surface area contributed by atoms with E-state index >= 15 is 0 Å². The molecule has 0 aliphatic rings. The topological polar surface area (TPSA) is 44.1 Å². The van der Waals surface area contributed by atoms with Gasteiger partial charge >= 0.3 is 5.97 Å². The standard InChI is InChI=1S/C11H18N2O2/c1-5-13-7-6-12-10(13)9(8(2)3)11(14)15-4/h6-9H,5H2,1-4H3. The summed E-state index contributed by atoms with van der Waals surface area (Å²) in [6.45, 7) is 6.84. The van der Waals surface area contributed by atoms with Gasteiger partial charge in [-0.05, 0) is 12.8 Å². The number of aromatic nitrogens is 2. The molecule has 0 saturated carbocycles. The van der Waals surface area contributed by atoms with Crippen molar-refractivity contribution in [3.8, 4) is 0 Å². The summed E-state index contributed by atoms with van der Waals surface area (Å²) in [5, 5.41) is 0. The third-order valence-corrected chi connectivity index (χ3v) is 2.49. The molecule has 4 heteroatoms. The van der Waals surface area contributed by atoms with Gasteiger partial charge in [0.15, 0.2) is 0 Å². The lowest BCUT2D eigenvalue weighted by molar-refractivity contribution is -0.143. The fourth-order valence-electron chi connectivity index (χ4n) is 1.67. The molecule has 0 saturated heterocycles. The molecule has 0 radical (unpaired) electrons. The van der Waals surface area contributed by atoms with Crippen LogP contribution in [0.25, 0.3) is 0 Å². The Kier molecular flexibility index (Phi) is 3.88. The summed E-state index contributed by atoms with van der Waals surface area (Å²) >= 11 is 0. The van der Waals surface area contributed by atoms with Crippen LogP contribution < -0.4 is 0 Å². The first kappa shape index (κ1) is 11.8. The highest BCUT2D eigenvalue weighted by molar-refractivity contribution is 5.77. The smallest absolute Gasteiger partial charge is 0.316 e. The van der Waals surface area contributed by atoms with E-state index in [1.807, 2.05) is 31.5 Å². The van der Waals surface area contributed by atoms with Crippen LogP contribution in [0, 0.1) is 5.92 Å². The van der Waals surface area contributed by atoms with Crippen LogP contribution in [-0.4, -0.2) is 22.6 Å². The normalized spacial score (nSPS) is 12.9. The molecular weight excluding hydrogens is 192 g/mol. The van der Waals surface area contributed by atoms with Crippen LogP contribution >= 0.6 is 0 Å². The zero-order valence-corrected chi connectivity index (χ0v) is 9.73. The van der Waals surface area contributed by atoms with Gasteiger partial charge in [0.1, 0.15) is 11.7 Å². The fraction of sp³-hybridized carbons (Fsp3) is 0.636. The molecule has 1 aromatic rings. The van der Waals surface area contributed by atoms with Crippen molar-refractivity contribution < 1.29 is 9.53 Å². The van der Waals surface area contributed by atoms with Gasteiger partial charge in [0.25, 0.3) is 0 Å². The fourth-order valence-corrected chi connectivity index (χ4v) is 1.67. The lowest BCUT2D eigenvalue weighted by Gasteiger charge is -2.18. The molecule has 0 aliphatic heterocycles. The molecule has 1 atom stereocenters. The van der Waals surface area contributed by atoms with Gasteiger partial charge in [-0.25, -0.2) is 4.98 Å². The molecule has 1 unspecified atom stereocenters. The van der Waals surface area contributed by atoms with Crippen LogP contribution in [0.4, 0.5) is 0 Å². The van der Waals surface area contributed by atoms with Gasteiger partial charge < -0.3 is 9.30 Å². The van der Waals surface area contributed by atoms with Gasteiger partial charge in [0.05, 0.1) is 7.11 Å². The number of ether oxygens (including phenoxy) is 1. The van der Waals surface area contributed by atoms with Crippen molar-refractivity contribution in [1.82, 2.24) is 9.55 Å². The molecule has 0 aliphatic carbocycles. The lowest BCUT2D eigenvalue weighted by atomic mass is 9.95. The molecule has 0 N–H and O–H groups in total. The van der Waals surface area contributed by atoms with E-state index in [4.69, 9.17) is 4.74 Å². The number of esters is 1. The van der Waals surface area contributed by atoms with E-state index < -0.39 is 0 Å². The third-order valence-electron chi connectivity index (χ3n) is 2.49. The van der Waals surface area contributed by atoms with Crippen molar-refractivity contribution in [2.45, 2.75) is 33.2 Å². The zero-order chi connectivity index (χ0) is 11.4. The maximum absolute atomic E-state index is 11.6. The Morgan fingerprint density at radius 3 is 2.73 bits per heavy atom. The molecular formula is C11H18N2O2. The number of nitrogens with zero attached hydrogens (tertiary/aromatic N) is 2. The van der Waals surface area contributed by atoms with Crippen LogP contribution in [0.3, 0.4) is 0 Å². The summed E-state index contributed by atoms with van der Waals surface area (Å²) in [6.07, 6.45) is 3.60. The Labute approximate surface area is 90.3 Å². The summed E-state index contributed by atoms with van der Waals surface area (Å²) in [5.41, 5.74) is 0. The van der Waals surface area contributed by atoms with Crippen LogP contribution in [0.15, 0.2) is 12.4 Å². The van der Waals surface area contributed by atoms with Gasteiger partial charge in [-0.15, -0.1) is 0 Å². The number of methoxy groups -OCH3 is 1. The Morgan fingerprint density at radius 2 is 2.27 bits per heavy atom. The van der Waals surface area contributed by atoms with Crippen molar-refractivity contribution in [1.29, 1.82) is 0 Å². The average molecular weight is 210 g/mol. The number of carbonyl (C=O) groups is 1. The Morgan fingerprint density at radius 1 is 1.60 bits per heavy atom. The van der Waals surface area contributed by atoms with Crippen molar-refractivity contribution in [2.75, 3.05) is 7.11 Å². The maximum Gasteiger partial charge on any atom is 0.316 e. The van der Waals surface area contributed by atoms with E-state index in [2.05, 4.69) is 4.98 Å². The Balaban J connectivity index is 3.04. The largest absolute Gasteiger partial charge is 0.468 e. The summed E-state index contributed by atoms with van der Waals surface area (Å²) in [5.74, 6) is 0.486. The van der Waals surface area contributed by atoms with E-state index in [0.29, 0.717) is 0 Å². The SMILES string of the molecule is CCn1ccnc1C(C(=O)OC)C(C)C.